The van der Waals surface area contributed by atoms with E-state index in [0.717, 1.165) is 42.9 Å². The molecule has 1 saturated heterocycles. The van der Waals surface area contributed by atoms with E-state index in [4.69, 9.17) is 9.47 Å². The number of likely N-dealkylation sites (tertiary alicyclic amines) is 1. The van der Waals surface area contributed by atoms with Crippen LogP contribution in [0.5, 0.6) is 11.5 Å². The maximum Gasteiger partial charge on any atom is 0.276 e. The summed E-state index contributed by atoms with van der Waals surface area (Å²) >= 11 is 0. The number of amides is 1. The zero-order chi connectivity index (χ0) is 15.6. The molecule has 1 aromatic carbocycles. The van der Waals surface area contributed by atoms with Gasteiger partial charge in [-0.15, -0.1) is 0 Å². The van der Waals surface area contributed by atoms with Crippen molar-refractivity contribution >= 4 is 5.91 Å². The van der Waals surface area contributed by atoms with Gasteiger partial charge in [-0.3, -0.25) is 4.79 Å². The number of aromatic nitrogens is 3. The average Bonchev–Trinajstić information content (AvgIpc) is 3.22. The van der Waals surface area contributed by atoms with E-state index in [2.05, 4.69) is 15.4 Å². The van der Waals surface area contributed by atoms with Crippen LogP contribution in [0.2, 0.25) is 0 Å². The lowest BCUT2D eigenvalue weighted by Crippen LogP contribution is -2.30. The van der Waals surface area contributed by atoms with E-state index in [0.29, 0.717) is 18.9 Å². The first kappa shape index (κ1) is 14.0. The van der Waals surface area contributed by atoms with Gasteiger partial charge in [-0.2, -0.15) is 15.4 Å². The summed E-state index contributed by atoms with van der Waals surface area (Å²) in [6, 6.07) is 6.00. The van der Waals surface area contributed by atoms with Gasteiger partial charge < -0.3 is 14.4 Å². The Kier molecular flexibility index (Phi) is 3.61. The van der Waals surface area contributed by atoms with Gasteiger partial charge in [-0.1, -0.05) is 6.07 Å². The number of fused-ring (bicyclic) bond motifs is 1. The Bertz CT molecular complexity index is 701. The molecule has 0 radical (unpaired) electrons. The van der Waals surface area contributed by atoms with Crippen molar-refractivity contribution in [2.45, 2.75) is 25.3 Å². The molecule has 0 aliphatic carbocycles. The average molecular weight is 314 g/mol. The summed E-state index contributed by atoms with van der Waals surface area (Å²) in [5.74, 6) is 1.45. The molecule has 3 heterocycles. The van der Waals surface area contributed by atoms with E-state index in [-0.39, 0.29) is 11.9 Å². The number of aromatic amines is 1. The normalized spacial score (nSPS) is 20.3. The van der Waals surface area contributed by atoms with Crippen LogP contribution in [0.25, 0.3) is 0 Å². The second-order valence-corrected chi connectivity index (χ2v) is 5.77. The van der Waals surface area contributed by atoms with Gasteiger partial charge in [0, 0.05) is 13.0 Å². The number of hydrogen-bond acceptors (Lipinski definition) is 5. The lowest BCUT2D eigenvalue weighted by atomic mass is 10.0. The standard InChI is InChI=1S/C16H18N4O3/c21-16(12-10-17-19-18-12)20-6-1-3-13(20)11-4-5-14-15(9-11)23-8-2-7-22-14/h4-5,9-10,13H,1-3,6-8H2,(H,17,18,19)/t13-/m1/s1. The molecule has 1 atom stereocenters. The molecule has 120 valence electrons. The minimum Gasteiger partial charge on any atom is -0.490 e. The van der Waals surface area contributed by atoms with Crippen molar-refractivity contribution in [3.63, 3.8) is 0 Å². The number of rotatable bonds is 2. The van der Waals surface area contributed by atoms with Crippen molar-refractivity contribution in [2.75, 3.05) is 19.8 Å². The Morgan fingerprint density at radius 3 is 2.91 bits per heavy atom. The second kappa shape index (κ2) is 5.91. The third-order valence-corrected chi connectivity index (χ3v) is 4.30. The van der Waals surface area contributed by atoms with Gasteiger partial charge >= 0.3 is 0 Å². The fraction of sp³-hybridized carbons (Fsp3) is 0.438. The van der Waals surface area contributed by atoms with Crippen LogP contribution in [-0.2, 0) is 0 Å². The van der Waals surface area contributed by atoms with E-state index >= 15 is 0 Å². The van der Waals surface area contributed by atoms with Crippen molar-refractivity contribution in [2.24, 2.45) is 0 Å². The van der Waals surface area contributed by atoms with Crippen LogP contribution in [0.4, 0.5) is 0 Å². The van der Waals surface area contributed by atoms with E-state index in [1.807, 2.05) is 23.1 Å². The minimum absolute atomic E-state index is 0.0383. The van der Waals surface area contributed by atoms with Crippen LogP contribution in [0.1, 0.15) is 41.4 Å². The first-order valence-electron chi connectivity index (χ1n) is 7.89. The van der Waals surface area contributed by atoms with Gasteiger partial charge in [-0.25, -0.2) is 0 Å². The molecule has 1 N–H and O–H groups in total. The summed E-state index contributed by atoms with van der Waals surface area (Å²) in [7, 11) is 0. The maximum atomic E-state index is 12.6. The monoisotopic (exact) mass is 314 g/mol. The van der Waals surface area contributed by atoms with Crippen molar-refractivity contribution in [1.29, 1.82) is 0 Å². The zero-order valence-electron chi connectivity index (χ0n) is 12.7. The summed E-state index contributed by atoms with van der Waals surface area (Å²) < 4.78 is 11.4. The minimum atomic E-state index is -0.0895. The van der Waals surface area contributed by atoms with Gasteiger partial charge in [-0.05, 0) is 30.5 Å². The Balaban J connectivity index is 1.61. The Labute approximate surface area is 133 Å². The molecule has 7 heteroatoms. The summed E-state index contributed by atoms with van der Waals surface area (Å²) in [5.41, 5.74) is 1.43. The topological polar surface area (TPSA) is 80.3 Å². The third kappa shape index (κ3) is 2.62. The van der Waals surface area contributed by atoms with Crippen molar-refractivity contribution in [3.05, 3.63) is 35.7 Å². The number of carbonyl (C=O) groups is 1. The number of hydrogen-bond donors (Lipinski definition) is 1. The van der Waals surface area contributed by atoms with Crippen LogP contribution in [0.15, 0.2) is 24.4 Å². The molecule has 0 bridgehead atoms. The molecule has 1 fully saturated rings. The Morgan fingerprint density at radius 2 is 2.09 bits per heavy atom. The van der Waals surface area contributed by atoms with Gasteiger partial charge in [0.25, 0.3) is 5.91 Å². The number of benzene rings is 1. The van der Waals surface area contributed by atoms with E-state index in [1.54, 1.807) is 0 Å². The molecular weight excluding hydrogens is 296 g/mol. The van der Waals surface area contributed by atoms with Crippen molar-refractivity contribution < 1.29 is 14.3 Å². The summed E-state index contributed by atoms with van der Waals surface area (Å²) in [5, 5.41) is 10.1. The number of nitrogens with zero attached hydrogens (tertiary/aromatic N) is 3. The predicted molar refractivity (Wildman–Crippen MR) is 81.4 cm³/mol. The molecule has 7 nitrogen and oxygen atoms in total. The van der Waals surface area contributed by atoms with Crippen LogP contribution in [0, 0.1) is 0 Å². The molecule has 4 rings (SSSR count). The summed E-state index contributed by atoms with van der Waals surface area (Å²) in [6.45, 7) is 2.06. The highest BCUT2D eigenvalue weighted by molar-refractivity contribution is 5.92. The predicted octanol–water partition coefficient (Wildman–Crippen LogP) is 1.94. The summed E-state index contributed by atoms with van der Waals surface area (Å²) in [4.78, 5) is 14.4. The quantitative estimate of drug-likeness (QED) is 0.916. The smallest absolute Gasteiger partial charge is 0.276 e. The molecule has 2 aliphatic heterocycles. The molecule has 0 spiro atoms. The molecule has 2 aromatic rings. The Morgan fingerprint density at radius 1 is 1.22 bits per heavy atom. The van der Waals surface area contributed by atoms with Crippen molar-refractivity contribution in [3.8, 4) is 11.5 Å². The maximum absolute atomic E-state index is 12.6. The fourth-order valence-corrected chi connectivity index (χ4v) is 3.20. The van der Waals surface area contributed by atoms with E-state index in [9.17, 15) is 4.79 Å². The third-order valence-electron chi connectivity index (χ3n) is 4.30. The molecule has 0 unspecified atom stereocenters. The van der Waals surface area contributed by atoms with Crippen LogP contribution < -0.4 is 9.47 Å². The second-order valence-electron chi connectivity index (χ2n) is 5.77. The molecule has 0 saturated carbocycles. The molecule has 2 aliphatic rings. The first-order valence-corrected chi connectivity index (χ1v) is 7.89. The van der Waals surface area contributed by atoms with Gasteiger partial charge in [0.15, 0.2) is 17.2 Å². The Hall–Kier alpha value is -2.57. The summed E-state index contributed by atoms with van der Waals surface area (Å²) in [6.07, 6.45) is 4.25. The van der Waals surface area contributed by atoms with Crippen LogP contribution in [0.3, 0.4) is 0 Å². The number of ether oxygens (including phenoxy) is 2. The number of nitrogens with one attached hydrogen (secondary N) is 1. The van der Waals surface area contributed by atoms with Gasteiger partial charge in [0.05, 0.1) is 25.5 Å². The molecule has 1 amide bonds. The highest BCUT2D eigenvalue weighted by atomic mass is 16.5. The zero-order valence-corrected chi connectivity index (χ0v) is 12.7. The van der Waals surface area contributed by atoms with E-state index < -0.39 is 0 Å². The molecular formula is C16H18N4O3. The highest BCUT2D eigenvalue weighted by Crippen LogP contribution is 2.38. The van der Waals surface area contributed by atoms with Crippen LogP contribution >= 0.6 is 0 Å². The van der Waals surface area contributed by atoms with Gasteiger partial charge in [0.2, 0.25) is 0 Å². The molecule has 23 heavy (non-hydrogen) atoms. The largest absolute Gasteiger partial charge is 0.490 e. The number of H-pyrrole nitrogens is 1. The molecule has 1 aromatic heterocycles. The number of carbonyl (C=O) groups excluding carboxylic acids is 1. The van der Waals surface area contributed by atoms with Crippen molar-refractivity contribution in [1.82, 2.24) is 20.3 Å². The lowest BCUT2D eigenvalue weighted by Gasteiger charge is -2.24. The van der Waals surface area contributed by atoms with Gasteiger partial charge in [0.1, 0.15) is 0 Å². The van der Waals surface area contributed by atoms with E-state index in [1.165, 1.54) is 6.20 Å². The SMILES string of the molecule is O=C(c1cn[nH]n1)N1CCC[C@@H]1c1ccc2c(c1)OCCCO2. The van der Waals surface area contributed by atoms with Crippen LogP contribution in [-0.4, -0.2) is 46.0 Å². The lowest BCUT2D eigenvalue weighted by molar-refractivity contribution is 0.0729. The first-order chi connectivity index (χ1) is 11.3. The highest BCUT2D eigenvalue weighted by Gasteiger charge is 2.32. The fourth-order valence-electron chi connectivity index (χ4n) is 3.20.